The molecule has 8 heteroatoms. The standard InChI is InChI=1S/C18H21NO6S/c1-12-4-10-15(11-5-12)26(22,23)19-16(18(21)25-3)17(20)13-6-8-14(24-2)9-7-13/h4-11,16-17,19-20H,1-3H3. The summed E-state index contributed by atoms with van der Waals surface area (Å²) >= 11 is 0. The van der Waals surface area contributed by atoms with Crippen molar-refractivity contribution in [1.82, 2.24) is 4.72 Å². The van der Waals surface area contributed by atoms with E-state index in [-0.39, 0.29) is 4.90 Å². The van der Waals surface area contributed by atoms with Crippen LogP contribution in [-0.4, -0.2) is 39.8 Å². The molecule has 2 atom stereocenters. The van der Waals surface area contributed by atoms with Crippen molar-refractivity contribution >= 4 is 16.0 Å². The van der Waals surface area contributed by atoms with Gasteiger partial charge in [-0.3, -0.25) is 4.79 Å². The van der Waals surface area contributed by atoms with E-state index in [2.05, 4.69) is 9.46 Å². The molecule has 0 amide bonds. The molecule has 0 spiro atoms. The fourth-order valence-electron chi connectivity index (χ4n) is 2.31. The smallest absolute Gasteiger partial charge is 0.326 e. The molecule has 7 nitrogen and oxygen atoms in total. The first-order valence-electron chi connectivity index (χ1n) is 7.77. The number of ether oxygens (including phenoxy) is 2. The van der Waals surface area contributed by atoms with Gasteiger partial charge in [0, 0.05) is 0 Å². The summed E-state index contributed by atoms with van der Waals surface area (Å²) in [5.74, 6) is -0.334. The zero-order valence-corrected chi connectivity index (χ0v) is 15.5. The minimum absolute atomic E-state index is 0.0149. The molecule has 2 N–H and O–H groups in total. The molecule has 0 fully saturated rings. The van der Waals surface area contributed by atoms with Gasteiger partial charge in [-0.25, -0.2) is 8.42 Å². The van der Waals surface area contributed by atoms with Crippen LogP contribution in [0, 0.1) is 6.92 Å². The van der Waals surface area contributed by atoms with Crippen LogP contribution in [0.5, 0.6) is 5.75 Å². The van der Waals surface area contributed by atoms with Crippen molar-refractivity contribution in [3.63, 3.8) is 0 Å². The Hall–Kier alpha value is -2.42. The van der Waals surface area contributed by atoms with E-state index in [9.17, 15) is 18.3 Å². The second-order valence-electron chi connectivity index (χ2n) is 5.65. The number of aliphatic hydroxyl groups is 1. The maximum absolute atomic E-state index is 12.6. The first kappa shape index (κ1) is 19.9. The lowest BCUT2D eigenvalue weighted by Gasteiger charge is -2.22. The molecule has 26 heavy (non-hydrogen) atoms. The van der Waals surface area contributed by atoms with Crippen molar-refractivity contribution in [2.24, 2.45) is 0 Å². The number of sulfonamides is 1. The Morgan fingerprint density at radius 1 is 1.04 bits per heavy atom. The SMILES string of the molecule is COC(=O)C(NS(=O)(=O)c1ccc(C)cc1)C(O)c1ccc(OC)cc1. The van der Waals surface area contributed by atoms with Gasteiger partial charge in [0.25, 0.3) is 0 Å². The van der Waals surface area contributed by atoms with Gasteiger partial charge >= 0.3 is 5.97 Å². The van der Waals surface area contributed by atoms with Crippen LogP contribution in [0.2, 0.25) is 0 Å². The average molecular weight is 379 g/mol. The van der Waals surface area contributed by atoms with Crippen LogP contribution >= 0.6 is 0 Å². The van der Waals surface area contributed by atoms with Gasteiger partial charge < -0.3 is 14.6 Å². The molecule has 0 aliphatic carbocycles. The topological polar surface area (TPSA) is 102 Å². The Labute approximate surface area is 152 Å². The highest BCUT2D eigenvalue weighted by Crippen LogP contribution is 2.22. The number of nitrogens with one attached hydrogen (secondary N) is 1. The van der Waals surface area contributed by atoms with Crippen LogP contribution in [0.15, 0.2) is 53.4 Å². The summed E-state index contributed by atoms with van der Waals surface area (Å²) in [6.45, 7) is 1.83. The zero-order chi connectivity index (χ0) is 19.3. The fourth-order valence-corrected chi connectivity index (χ4v) is 3.50. The van der Waals surface area contributed by atoms with E-state index in [0.29, 0.717) is 11.3 Å². The summed E-state index contributed by atoms with van der Waals surface area (Å²) in [5.41, 5.74) is 1.24. The minimum Gasteiger partial charge on any atom is -0.497 e. The number of hydrogen-bond donors (Lipinski definition) is 2. The molecule has 140 valence electrons. The van der Waals surface area contributed by atoms with Crippen LogP contribution in [0.1, 0.15) is 17.2 Å². The Morgan fingerprint density at radius 3 is 2.12 bits per heavy atom. The molecule has 0 heterocycles. The predicted molar refractivity (Wildman–Crippen MR) is 95.3 cm³/mol. The largest absolute Gasteiger partial charge is 0.497 e. The van der Waals surface area contributed by atoms with Crippen molar-refractivity contribution in [3.05, 3.63) is 59.7 Å². The highest BCUT2D eigenvalue weighted by molar-refractivity contribution is 7.89. The number of esters is 1. The van der Waals surface area contributed by atoms with Crippen LogP contribution < -0.4 is 9.46 Å². The number of rotatable bonds is 7. The number of benzene rings is 2. The highest BCUT2D eigenvalue weighted by Gasteiger charge is 2.33. The van der Waals surface area contributed by atoms with Crippen LogP contribution in [0.4, 0.5) is 0 Å². The number of carbonyl (C=O) groups excluding carboxylic acids is 1. The number of methoxy groups -OCH3 is 2. The Balaban J connectivity index is 2.31. The minimum atomic E-state index is -4.03. The zero-order valence-electron chi connectivity index (χ0n) is 14.7. The van der Waals surface area contributed by atoms with Gasteiger partial charge in [0.15, 0.2) is 0 Å². The Morgan fingerprint density at radius 2 is 1.62 bits per heavy atom. The van der Waals surface area contributed by atoms with E-state index in [1.807, 2.05) is 6.92 Å². The number of aliphatic hydroxyl groups excluding tert-OH is 1. The molecule has 2 rings (SSSR count). The third-order valence-electron chi connectivity index (χ3n) is 3.84. The van der Waals surface area contributed by atoms with E-state index in [0.717, 1.165) is 12.7 Å². The van der Waals surface area contributed by atoms with Gasteiger partial charge in [0.1, 0.15) is 17.9 Å². The predicted octanol–water partition coefficient (Wildman–Crippen LogP) is 1.56. The Kier molecular flexibility index (Phi) is 6.36. The normalized spacial score (nSPS) is 13.7. The molecule has 0 radical (unpaired) electrons. The van der Waals surface area contributed by atoms with Gasteiger partial charge in [-0.1, -0.05) is 29.8 Å². The Bertz CT molecular complexity index is 846. The van der Waals surface area contributed by atoms with Crippen LogP contribution in [0.25, 0.3) is 0 Å². The van der Waals surface area contributed by atoms with Gasteiger partial charge in [-0.2, -0.15) is 4.72 Å². The molecular weight excluding hydrogens is 358 g/mol. The quantitative estimate of drug-likeness (QED) is 0.708. The fraction of sp³-hybridized carbons (Fsp3) is 0.278. The van der Waals surface area contributed by atoms with Crippen molar-refractivity contribution in [1.29, 1.82) is 0 Å². The number of aryl methyl sites for hydroxylation is 1. The summed E-state index contributed by atoms with van der Waals surface area (Å²) in [6.07, 6.45) is -1.44. The number of hydrogen-bond acceptors (Lipinski definition) is 6. The first-order valence-corrected chi connectivity index (χ1v) is 9.25. The van der Waals surface area contributed by atoms with Crippen molar-refractivity contribution in [2.45, 2.75) is 24.0 Å². The maximum Gasteiger partial charge on any atom is 0.326 e. The summed E-state index contributed by atoms with van der Waals surface area (Å²) in [6, 6.07) is 10.9. The molecule has 0 aromatic heterocycles. The molecule has 2 unspecified atom stereocenters. The molecule has 0 saturated heterocycles. The molecular formula is C18H21NO6S. The monoisotopic (exact) mass is 379 g/mol. The molecule has 0 saturated carbocycles. The van der Waals surface area contributed by atoms with Gasteiger partial charge in [-0.15, -0.1) is 0 Å². The lowest BCUT2D eigenvalue weighted by atomic mass is 10.0. The van der Waals surface area contributed by atoms with Crippen LogP contribution in [0.3, 0.4) is 0 Å². The van der Waals surface area contributed by atoms with Crippen molar-refractivity contribution in [3.8, 4) is 5.75 Å². The van der Waals surface area contributed by atoms with E-state index in [4.69, 9.17) is 4.74 Å². The van der Waals surface area contributed by atoms with E-state index < -0.39 is 28.1 Å². The van der Waals surface area contributed by atoms with E-state index in [1.165, 1.54) is 19.2 Å². The van der Waals surface area contributed by atoms with Gasteiger partial charge in [0.2, 0.25) is 10.0 Å². The van der Waals surface area contributed by atoms with Crippen molar-refractivity contribution < 1.29 is 27.8 Å². The summed E-state index contributed by atoms with van der Waals surface area (Å²) < 4.78 is 37.0. The third kappa shape index (κ3) is 4.60. The van der Waals surface area contributed by atoms with E-state index in [1.54, 1.807) is 36.4 Å². The second kappa shape index (κ2) is 8.31. The summed E-state index contributed by atoms with van der Waals surface area (Å²) in [5, 5.41) is 10.5. The summed E-state index contributed by atoms with van der Waals surface area (Å²) in [7, 11) is -1.41. The molecule has 2 aromatic carbocycles. The average Bonchev–Trinajstić information content (AvgIpc) is 2.65. The van der Waals surface area contributed by atoms with E-state index >= 15 is 0 Å². The maximum atomic E-state index is 12.6. The lowest BCUT2D eigenvalue weighted by Crippen LogP contribution is -2.45. The molecule has 0 bridgehead atoms. The lowest BCUT2D eigenvalue weighted by molar-refractivity contribution is -0.145. The van der Waals surface area contributed by atoms with Crippen LogP contribution in [-0.2, 0) is 19.6 Å². The van der Waals surface area contributed by atoms with Gasteiger partial charge in [-0.05, 0) is 36.8 Å². The first-order chi connectivity index (χ1) is 12.3. The number of carbonyl (C=O) groups is 1. The molecule has 0 aliphatic rings. The molecule has 0 aliphatic heterocycles. The summed E-state index contributed by atoms with van der Waals surface area (Å²) in [4.78, 5) is 12.1. The second-order valence-corrected chi connectivity index (χ2v) is 7.37. The third-order valence-corrected chi connectivity index (χ3v) is 5.30. The highest BCUT2D eigenvalue weighted by atomic mass is 32.2. The van der Waals surface area contributed by atoms with Gasteiger partial charge in [0.05, 0.1) is 19.1 Å². The van der Waals surface area contributed by atoms with Crippen molar-refractivity contribution in [2.75, 3.05) is 14.2 Å². The molecule has 2 aromatic rings.